The van der Waals surface area contributed by atoms with Crippen molar-refractivity contribution < 1.29 is 4.52 Å². The van der Waals surface area contributed by atoms with E-state index in [1.165, 1.54) is 45.6 Å². The fourth-order valence-electron chi connectivity index (χ4n) is 3.73. The van der Waals surface area contributed by atoms with Gasteiger partial charge in [-0.15, -0.1) is 24.0 Å². The number of likely N-dealkylation sites (N-methyl/N-ethyl adjacent to an activating group) is 1. The summed E-state index contributed by atoms with van der Waals surface area (Å²) in [6.45, 7) is 12.0. The molecule has 0 radical (unpaired) electrons. The Balaban J connectivity index is 0.00000280. The summed E-state index contributed by atoms with van der Waals surface area (Å²) in [6, 6.07) is 1.94. The molecule has 0 aromatic carbocycles. The van der Waals surface area contributed by atoms with Gasteiger partial charge in [-0.2, -0.15) is 0 Å². The van der Waals surface area contributed by atoms with Crippen LogP contribution in [0.3, 0.4) is 0 Å². The van der Waals surface area contributed by atoms with Crippen molar-refractivity contribution >= 4 is 29.9 Å². The normalized spacial score (nSPS) is 20.2. The van der Waals surface area contributed by atoms with Gasteiger partial charge >= 0.3 is 0 Å². The average molecular weight is 505 g/mol. The van der Waals surface area contributed by atoms with E-state index in [4.69, 9.17) is 4.52 Å². The second-order valence-electron chi connectivity index (χ2n) is 7.58. The summed E-state index contributed by atoms with van der Waals surface area (Å²) in [6.07, 6.45) is 4.08. The van der Waals surface area contributed by atoms with E-state index in [1.807, 2.05) is 13.1 Å². The first-order valence-corrected chi connectivity index (χ1v) is 10.2. The molecule has 0 amide bonds. The maximum absolute atomic E-state index is 4.92. The van der Waals surface area contributed by atoms with Crippen LogP contribution in [-0.4, -0.2) is 110 Å². The molecule has 8 nitrogen and oxygen atoms in total. The van der Waals surface area contributed by atoms with Crippen molar-refractivity contribution in [2.45, 2.75) is 19.4 Å². The maximum atomic E-state index is 4.92. The van der Waals surface area contributed by atoms with E-state index in [-0.39, 0.29) is 24.0 Å². The highest BCUT2D eigenvalue weighted by Gasteiger charge is 2.20. The van der Waals surface area contributed by atoms with Crippen LogP contribution in [0.2, 0.25) is 0 Å². The molecule has 1 N–H and O–H groups in total. The molecule has 2 aliphatic heterocycles. The van der Waals surface area contributed by atoms with E-state index >= 15 is 0 Å². The summed E-state index contributed by atoms with van der Waals surface area (Å²) < 4.78 is 4.92. The number of aliphatic imine (C=N–C) groups is 1. The zero-order chi connectivity index (χ0) is 18.9. The van der Waals surface area contributed by atoms with Crippen LogP contribution in [0.1, 0.15) is 18.5 Å². The molecule has 2 saturated heterocycles. The minimum Gasteiger partial charge on any atom is -0.364 e. The number of halogens is 1. The molecule has 3 rings (SSSR count). The Morgan fingerprint density at radius 1 is 1.07 bits per heavy atom. The van der Waals surface area contributed by atoms with Crippen LogP contribution in [0.4, 0.5) is 0 Å². The van der Waals surface area contributed by atoms with Crippen LogP contribution in [0.15, 0.2) is 21.8 Å². The third-order valence-corrected chi connectivity index (χ3v) is 5.54. The Morgan fingerprint density at radius 3 is 2.43 bits per heavy atom. The van der Waals surface area contributed by atoms with Gasteiger partial charge in [-0.3, -0.25) is 9.89 Å². The number of piperazine rings is 2. The third kappa shape index (κ3) is 7.49. The number of aromatic nitrogens is 1. The minimum atomic E-state index is 0. The maximum Gasteiger partial charge on any atom is 0.193 e. The molecule has 1 aromatic rings. The lowest BCUT2D eigenvalue weighted by Gasteiger charge is -2.36. The third-order valence-electron chi connectivity index (χ3n) is 5.54. The predicted octanol–water partition coefficient (Wildman–Crippen LogP) is 1.01. The summed E-state index contributed by atoms with van der Waals surface area (Å²) in [4.78, 5) is 14.2. The molecule has 3 heterocycles. The minimum absolute atomic E-state index is 0. The predicted molar refractivity (Wildman–Crippen MR) is 123 cm³/mol. The zero-order valence-electron chi connectivity index (χ0n) is 17.3. The molecule has 0 unspecified atom stereocenters. The molecule has 2 aliphatic rings. The van der Waals surface area contributed by atoms with E-state index in [2.05, 4.69) is 42.1 Å². The fourth-order valence-corrected chi connectivity index (χ4v) is 3.73. The number of hydrogen-bond donors (Lipinski definition) is 1. The highest BCUT2D eigenvalue weighted by Crippen LogP contribution is 2.07. The van der Waals surface area contributed by atoms with Crippen LogP contribution in [0, 0.1) is 0 Å². The standard InChI is InChI=1S/C19H35N7O.HI/c1-20-19(21-6-3-4-7-24-10-8-23(2)9-11-24)26-14-12-25(13-15-26)17-18-5-16-27-22-18;/h5,16H,3-4,6-15,17H2,1-2H3,(H,20,21);1H. The van der Waals surface area contributed by atoms with Crippen molar-refractivity contribution in [1.82, 2.24) is 30.1 Å². The van der Waals surface area contributed by atoms with Gasteiger partial charge in [-0.25, -0.2) is 0 Å². The van der Waals surface area contributed by atoms with Gasteiger partial charge in [0, 0.05) is 78.6 Å². The Morgan fingerprint density at radius 2 is 1.79 bits per heavy atom. The summed E-state index contributed by atoms with van der Waals surface area (Å²) in [5, 5.41) is 7.55. The monoisotopic (exact) mass is 505 g/mol. The van der Waals surface area contributed by atoms with Crippen molar-refractivity contribution in [2.75, 3.05) is 79.5 Å². The first-order chi connectivity index (χ1) is 13.2. The molecule has 1 aromatic heterocycles. The lowest BCUT2D eigenvalue weighted by molar-refractivity contribution is 0.152. The SMILES string of the molecule is CN=C(NCCCCN1CCN(C)CC1)N1CCN(Cc2ccon2)CC1.I. The first-order valence-electron chi connectivity index (χ1n) is 10.2. The summed E-state index contributed by atoms with van der Waals surface area (Å²) in [7, 11) is 4.09. The molecule has 0 atom stereocenters. The van der Waals surface area contributed by atoms with Gasteiger partial charge in [0.15, 0.2) is 5.96 Å². The van der Waals surface area contributed by atoms with Crippen LogP contribution in [0.25, 0.3) is 0 Å². The van der Waals surface area contributed by atoms with Gasteiger partial charge in [0.1, 0.15) is 6.26 Å². The van der Waals surface area contributed by atoms with Gasteiger partial charge in [0.25, 0.3) is 0 Å². The smallest absolute Gasteiger partial charge is 0.193 e. The van der Waals surface area contributed by atoms with Crippen LogP contribution in [-0.2, 0) is 6.54 Å². The molecule has 28 heavy (non-hydrogen) atoms. The van der Waals surface area contributed by atoms with E-state index in [9.17, 15) is 0 Å². The highest BCUT2D eigenvalue weighted by molar-refractivity contribution is 14.0. The average Bonchev–Trinajstić information content (AvgIpc) is 3.20. The molecule has 0 saturated carbocycles. The quantitative estimate of drug-likeness (QED) is 0.257. The highest BCUT2D eigenvalue weighted by atomic mass is 127. The molecule has 160 valence electrons. The van der Waals surface area contributed by atoms with Crippen LogP contribution < -0.4 is 5.32 Å². The number of nitrogens with one attached hydrogen (secondary N) is 1. The number of hydrogen-bond acceptors (Lipinski definition) is 6. The van der Waals surface area contributed by atoms with Crippen molar-refractivity contribution in [2.24, 2.45) is 4.99 Å². The second kappa shape index (κ2) is 12.6. The fraction of sp³-hybridized carbons (Fsp3) is 0.789. The van der Waals surface area contributed by atoms with Gasteiger partial charge < -0.3 is 24.5 Å². The molecule has 2 fully saturated rings. The Kier molecular flexibility index (Phi) is 10.5. The summed E-state index contributed by atoms with van der Waals surface area (Å²) >= 11 is 0. The van der Waals surface area contributed by atoms with Crippen LogP contribution in [0.5, 0.6) is 0 Å². The number of guanidine groups is 1. The summed E-state index contributed by atoms with van der Waals surface area (Å²) in [5.41, 5.74) is 1.01. The topological polar surface area (TPSA) is 63.4 Å². The van der Waals surface area contributed by atoms with E-state index < -0.39 is 0 Å². The van der Waals surface area contributed by atoms with Crippen molar-refractivity contribution in [3.05, 3.63) is 18.0 Å². The molecule has 0 aliphatic carbocycles. The molecular formula is C19H36IN7O. The van der Waals surface area contributed by atoms with E-state index in [0.29, 0.717) is 0 Å². The molecule has 0 bridgehead atoms. The largest absolute Gasteiger partial charge is 0.364 e. The van der Waals surface area contributed by atoms with Crippen LogP contribution >= 0.6 is 24.0 Å². The second-order valence-corrected chi connectivity index (χ2v) is 7.58. The van der Waals surface area contributed by atoms with E-state index in [1.54, 1.807) is 6.26 Å². The number of unbranched alkanes of at least 4 members (excludes halogenated alkanes) is 1. The van der Waals surface area contributed by atoms with Gasteiger partial charge in [0.05, 0.1) is 5.69 Å². The van der Waals surface area contributed by atoms with Gasteiger partial charge in [0.2, 0.25) is 0 Å². The Bertz CT molecular complexity index is 553. The van der Waals surface area contributed by atoms with E-state index in [0.717, 1.165) is 50.9 Å². The van der Waals surface area contributed by atoms with Crippen molar-refractivity contribution in [3.63, 3.8) is 0 Å². The molecular weight excluding hydrogens is 469 g/mol. The lowest BCUT2D eigenvalue weighted by Crippen LogP contribution is -2.52. The zero-order valence-corrected chi connectivity index (χ0v) is 19.7. The summed E-state index contributed by atoms with van der Waals surface area (Å²) in [5.74, 6) is 1.04. The lowest BCUT2D eigenvalue weighted by atomic mass is 10.2. The van der Waals surface area contributed by atoms with Gasteiger partial charge in [-0.05, 0) is 26.4 Å². The number of nitrogens with zero attached hydrogens (tertiary/aromatic N) is 6. The first kappa shape index (κ1) is 23.4. The molecule has 9 heteroatoms. The van der Waals surface area contributed by atoms with Crippen molar-refractivity contribution in [3.8, 4) is 0 Å². The number of rotatable bonds is 7. The molecule has 0 spiro atoms. The van der Waals surface area contributed by atoms with Gasteiger partial charge in [-0.1, -0.05) is 5.16 Å². The Hall–Kier alpha value is -0.910. The Labute approximate surface area is 186 Å². The van der Waals surface area contributed by atoms with Crippen molar-refractivity contribution in [1.29, 1.82) is 0 Å².